The second kappa shape index (κ2) is 5.42. The molecule has 0 atom stereocenters. The molecule has 0 heterocycles. The zero-order chi connectivity index (χ0) is 13.9. The number of para-hydroxylation sites is 1. The standard InChI is InChI=1S/C14H16N2O2S/c1-19(17,18)14-5-3-2-4-13(14)16-12-8-6-11(10-15)7-9-12/h2-9,16H,10,15H2,1H3. The van der Waals surface area contributed by atoms with Gasteiger partial charge in [0.15, 0.2) is 9.84 Å². The number of hydrogen-bond donors (Lipinski definition) is 2. The van der Waals surface area contributed by atoms with Crippen LogP contribution in [0.3, 0.4) is 0 Å². The lowest BCUT2D eigenvalue weighted by molar-refractivity contribution is 0.602. The second-order valence-corrected chi connectivity index (χ2v) is 6.28. The second-order valence-electron chi connectivity index (χ2n) is 4.29. The summed E-state index contributed by atoms with van der Waals surface area (Å²) in [7, 11) is -3.25. The van der Waals surface area contributed by atoms with E-state index in [1.807, 2.05) is 24.3 Å². The van der Waals surface area contributed by atoms with E-state index in [-0.39, 0.29) is 4.90 Å². The van der Waals surface area contributed by atoms with Gasteiger partial charge in [0.2, 0.25) is 0 Å². The summed E-state index contributed by atoms with van der Waals surface area (Å²) in [5, 5.41) is 3.11. The molecule has 5 heteroatoms. The maximum Gasteiger partial charge on any atom is 0.177 e. The molecule has 2 rings (SSSR count). The summed E-state index contributed by atoms with van der Waals surface area (Å²) in [6.07, 6.45) is 1.20. The fourth-order valence-corrected chi connectivity index (χ4v) is 2.62. The number of nitrogens with one attached hydrogen (secondary N) is 1. The van der Waals surface area contributed by atoms with Crippen LogP contribution in [-0.2, 0) is 16.4 Å². The van der Waals surface area contributed by atoms with Crippen molar-refractivity contribution in [3.63, 3.8) is 0 Å². The van der Waals surface area contributed by atoms with Crippen LogP contribution in [0, 0.1) is 0 Å². The van der Waals surface area contributed by atoms with Gasteiger partial charge < -0.3 is 11.1 Å². The number of benzene rings is 2. The maximum absolute atomic E-state index is 11.7. The van der Waals surface area contributed by atoms with Crippen LogP contribution in [0.5, 0.6) is 0 Å². The van der Waals surface area contributed by atoms with E-state index in [1.54, 1.807) is 24.3 Å². The van der Waals surface area contributed by atoms with E-state index in [0.717, 1.165) is 11.3 Å². The molecule has 0 saturated heterocycles. The molecule has 0 bridgehead atoms. The van der Waals surface area contributed by atoms with E-state index in [0.29, 0.717) is 12.2 Å². The maximum atomic E-state index is 11.7. The predicted molar refractivity (Wildman–Crippen MR) is 77.2 cm³/mol. The zero-order valence-electron chi connectivity index (χ0n) is 10.6. The van der Waals surface area contributed by atoms with Gasteiger partial charge in [-0.2, -0.15) is 0 Å². The number of nitrogens with two attached hydrogens (primary N) is 1. The highest BCUT2D eigenvalue weighted by Gasteiger charge is 2.12. The molecule has 0 aliphatic heterocycles. The highest BCUT2D eigenvalue weighted by Crippen LogP contribution is 2.24. The molecule has 3 N–H and O–H groups in total. The number of hydrogen-bond acceptors (Lipinski definition) is 4. The van der Waals surface area contributed by atoms with Crippen molar-refractivity contribution in [2.45, 2.75) is 11.4 Å². The van der Waals surface area contributed by atoms with Gasteiger partial charge in [0.1, 0.15) is 0 Å². The Morgan fingerprint density at radius 2 is 1.68 bits per heavy atom. The molecule has 19 heavy (non-hydrogen) atoms. The van der Waals surface area contributed by atoms with Crippen LogP contribution >= 0.6 is 0 Å². The average molecular weight is 276 g/mol. The topological polar surface area (TPSA) is 72.2 Å². The Bertz CT molecular complexity index is 664. The molecule has 4 nitrogen and oxygen atoms in total. The van der Waals surface area contributed by atoms with Crippen LogP contribution in [0.2, 0.25) is 0 Å². The van der Waals surface area contributed by atoms with Gasteiger partial charge in [0.25, 0.3) is 0 Å². The summed E-state index contributed by atoms with van der Waals surface area (Å²) in [4.78, 5) is 0.290. The minimum absolute atomic E-state index is 0.290. The molecule has 2 aromatic rings. The van der Waals surface area contributed by atoms with Crippen LogP contribution in [0.4, 0.5) is 11.4 Å². The minimum atomic E-state index is -3.25. The summed E-state index contributed by atoms with van der Waals surface area (Å²) >= 11 is 0. The van der Waals surface area contributed by atoms with Gasteiger partial charge in [-0.25, -0.2) is 8.42 Å². The van der Waals surface area contributed by atoms with Gasteiger partial charge in [-0.1, -0.05) is 24.3 Å². The van der Waals surface area contributed by atoms with Gasteiger partial charge in [0.05, 0.1) is 10.6 Å². The SMILES string of the molecule is CS(=O)(=O)c1ccccc1Nc1ccc(CN)cc1. The molecule has 0 spiro atoms. The lowest BCUT2D eigenvalue weighted by Gasteiger charge is -2.11. The quantitative estimate of drug-likeness (QED) is 0.898. The Kier molecular flexibility index (Phi) is 3.87. The van der Waals surface area contributed by atoms with Crippen molar-refractivity contribution in [3.05, 3.63) is 54.1 Å². The van der Waals surface area contributed by atoms with Crippen molar-refractivity contribution >= 4 is 21.2 Å². The Morgan fingerprint density at radius 1 is 1.05 bits per heavy atom. The molecule has 0 fully saturated rings. The highest BCUT2D eigenvalue weighted by atomic mass is 32.2. The van der Waals surface area contributed by atoms with E-state index < -0.39 is 9.84 Å². The fraction of sp³-hybridized carbons (Fsp3) is 0.143. The zero-order valence-corrected chi connectivity index (χ0v) is 11.4. The van der Waals surface area contributed by atoms with Gasteiger partial charge >= 0.3 is 0 Å². The monoisotopic (exact) mass is 276 g/mol. The van der Waals surface area contributed by atoms with Crippen LogP contribution in [0.1, 0.15) is 5.56 Å². The lowest BCUT2D eigenvalue weighted by atomic mass is 10.2. The summed E-state index contributed by atoms with van der Waals surface area (Å²) in [5.74, 6) is 0. The van der Waals surface area contributed by atoms with Crippen LogP contribution < -0.4 is 11.1 Å². The van der Waals surface area contributed by atoms with Crippen molar-refractivity contribution < 1.29 is 8.42 Å². The first-order valence-corrected chi connectivity index (χ1v) is 7.75. The lowest BCUT2D eigenvalue weighted by Crippen LogP contribution is -2.02. The Hall–Kier alpha value is -1.85. The Labute approximate surface area is 113 Å². The highest BCUT2D eigenvalue weighted by molar-refractivity contribution is 7.90. The Morgan fingerprint density at radius 3 is 2.26 bits per heavy atom. The van der Waals surface area contributed by atoms with E-state index in [9.17, 15) is 8.42 Å². The van der Waals surface area contributed by atoms with Crippen LogP contribution in [0.15, 0.2) is 53.4 Å². The summed E-state index contributed by atoms with van der Waals surface area (Å²) in [5.41, 5.74) is 7.97. The van der Waals surface area contributed by atoms with Crippen molar-refractivity contribution in [1.29, 1.82) is 0 Å². The minimum Gasteiger partial charge on any atom is -0.354 e. The first-order valence-electron chi connectivity index (χ1n) is 5.86. The fourth-order valence-electron chi connectivity index (χ4n) is 1.77. The van der Waals surface area contributed by atoms with E-state index in [1.165, 1.54) is 6.26 Å². The average Bonchev–Trinajstić information content (AvgIpc) is 2.39. The molecule has 0 aliphatic carbocycles. The van der Waals surface area contributed by atoms with Crippen LogP contribution in [0.25, 0.3) is 0 Å². The summed E-state index contributed by atoms with van der Waals surface area (Å²) < 4.78 is 23.4. The number of rotatable bonds is 4. The molecule has 0 amide bonds. The third kappa shape index (κ3) is 3.33. The Balaban J connectivity index is 2.33. The van der Waals surface area contributed by atoms with Crippen molar-refractivity contribution in [2.75, 3.05) is 11.6 Å². The van der Waals surface area contributed by atoms with E-state index >= 15 is 0 Å². The number of anilines is 2. The van der Waals surface area contributed by atoms with Gasteiger partial charge in [-0.15, -0.1) is 0 Å². The van der Waals surface area contributed by atoms with E-state index in [4.69, 9.17) is 5.73 Å². The van der Waals surface area contributed by atoms with Gasteiger partial charge in [0, 0.05) is 18.5 Å². The summed E-state index contributed by atoms with van der Waals surface area (Å²) in [6.45, 7) is 0.486. The van der Waals surface area contributed by atoms with Gasteiger partial charge in [-0.3, -0.25) is 0 Å². The molecule has 0 aromatic heterocycles. The largest absolute Gasteiger partial charge is 0.354 e. The van der Waals surface area contributed by atoms with Gasteiger partial charge in [-0.05, 0) is 29.8 Å². The molecular weight excluding hydrogens is 260 g/mol. The molecule has 0 aliphatic rings. The third-order valence-electron chi connectivity index (χ3n) is 2.76. The first kappa shape index (κ1) is 13.6. The van der Waals surface area contributed by atoms with E-state index in [2.05, 4.69) is 5.32 Å². The first-order chi connectivity index (χ1) is 9.00. The van der Waals surface area contributed by atoms with Crippen LogP contribution in [-0.4, -0.2) is 14.7 Å². The molecular formula is C14H16N2O2S. The normalized spacial score (nSPS) is 11.3. The predicted octanol–water partition coefficient (Wildman–Crippen LogP) is 2.29. The van der Waals surface area contributed by atoms with Crippen molar-refractivity contribution in [2.24, 2.45) is 5.73 Å². The smallest absolute Gasteiger partial charge is 0.177 e. The van der Waals surface area contributed by atoms with Crippen molar-refractivity contribution in [3.8, 4) is 0 Å². The summed E-state index contributed by atoms with van der Waals surface area (Å²) in [6, 6.07) is 14.4. The molecule has 2 aromatic carbocycles. The third-order valence-corrected chi connectivity index (χ3v) is 3.91. The molecule has 0 saturated carbocycles. The molecule has 100 valence electrons. The van der Waals surface area contributed by atoms with Crippen molar-refractivity contribution in [1.82, 2.24) is 0 Å². The number of sulfone groups is 1. The molecule has 0 radical (unpaired) electrons. The molecule has 0 unspecified atom stereocenters.